The van der Waals surface area contributed by atoms with Crippen LogP contribution in [-0.4, -0.2) is 90.5 Å². The van der Waals surface area contributed by atoms with E-state index >= 15 is 0 Å². The Kier molecular flexibility index (Phi) is 17.9. The number of aliphatic hydroxyl groups excluding tert-OH is 1. The highest BCUT2D eigenvalue weighted by atomic mass is 35.5. The fraction of sp³-hybridized carbons (Fsp3) is 0.786. The van der Waals surface area contributed by atoms with Crippen LogP contribution in [-0.2, 0) is 23.9 Å². The molecule has 29 heavy (non-hydrogen) atoms. The number of carbonyl (C=O) groups is 3. The second kappa shape index (κ2) is 15.8. The molecule has 1 amide bonds. The van der Waals surface area contributed by atoms with E-state index in [1.807, 2.05) is 6.26 Å². The number of halogens is 4. The minimum atomic E-state index is -5.17. The van der Waals surface area contributed by atoms with Crippen LogP contribution in [0.15, 0.2) is 0 Å². The molecule has 0 aromatic heterocycles. The molecule has 0 aromatic carbocycles. The Bertz CT molecular complexity index is 518. The molecule has 0 bridgehead atoms. The maximum atomic E-state index is 12.3. The highest BCUT2D eigenvalue weighted by Gasteiger charge is 2.41. The van der Waals surface area contributed by atoms with Gasteiger partial charge in [-0.1, -0.05) is 0 Å². The molecule has 0 heterocycles. The number of nitrogens with two attached hydrogens (primary N) is 1. The van der Waals surface area contributed by atoms with E-state index < -0.39 is 59.7 Å². The van der Waals surface area contributed by atoms with Crippen molar-refractivity contribution >= 4 is 54.6 Å². The maximum Gasteiger partial charge on any atom is 0.471 e. The van der Waals surface area contributed by atoms with Gasteiger partial charge in [0, 0.05) is 5.75 Å². The summed E-state index contributed by atoms with van der Waals surface area (Å²) in [6.07, 6.45) is -4.06. The number of thiol groups is 1. The van der Waals surface area contributed by atoms with Gasteiger partial charge in [-0.15, -0.1) is 12.4 Å². The Morgan fingerprint density at radius 3 is 2.24 bits per heavy atom. The highest BCUT2D eigenvalue weighted by Crippen LogP contribution is 2.22. The molecule has 0 rings (SSSR count). The lowest BCUT2D eigenvalue weighted by Gasteiger charge is -2.22. The fourth-order valence-electron chi connectivity index (χ4n) is 1.86. The van der Waals surface area contributed by atoms with Crippen molar-refractivity contribution in [2.45, 2.75) is 30.8 Å². The number of hydrogen-bond acceptors (Lipinski definition) is 7. The third kappa shape index (κ3) is 14.7. The Morgan fingerprint density at radius 2 is 1.79 bits per heavy atom. The number of carbonyl (C=O) groups excluding carboxylic acids is 2. The quantitative estimate of drug-likeness (QED) is 0.182. The van der Waals surface area contributed by atoms with E-state index in [2.05, 4.69) is 4.74 Å². The molecule has 4 atom stereocenters. The van der Waals surface area contributed by atoms with Crippen molar-refractivity contribution in [3.8, 4) is 0 Å². The van der Waals surface area contributed by atoms with Crippen molar-refractivity contribution in [2.75, 3.05) is 38.1 Å². The second-order valence-corrected chi connectivity index (χ2v) is 8.26. The predicted molar refractivity (Wildman–Crippen MR) is 109 cm³/mol. The summed E-state index contributed by atoms with van der Waals surface area (Å²) in [4.78, 5) is 33.0. The van der Waals surface area contributed by atoms with Gasteiger partial charge in [0.1, 0.15) is 6.04 Å². The van der Waals surface area contributed by atoms with E-state index in [4.69, 9.17) is 15.6 Å². The van der Waals surface area contributed by atoms with Gasteiger partial charge in [-0.05, 0) is 18.4 Å². The zero-order valence-corrected chi connectivity index (χ0v) is 18.5. The Morgan fingerprint density at radius 1 is 1.24 bits per heavy atom. The van der Waals surface area contributed by atoms with Gasteiger partial charge in [0.15, 0.2) is 6.04 Å². The Hall–Kier alpha value is -0.930. The van der Waals surface area contributed by atoms with Crippen LogP contribution in [0.5, 0.6) is 0 Å². The van der Waals surface area contributed by atoms with Crippen LogP contribution >= 0.6 is 36.8 Å². The van der Waals surface area contributed by atoms with Crippen LogP contribution in [0.2, 0.25) is 0 Å². The molecule has 5 N–H and O–H groups in total. The number of aliphatic hydroxyl groups is 1. The van der Waals surface area contributed by atoms with E-state index in [1.165, 1.54) is 5.32 Å². The number of nitrogens with one attached hydrogen (secondary N) is 1. The first-order valence-corrected chi connectivity index (χ1v) is 9.92. The number of ether oxygens (including phenoxy) is 2. The highest BCUT2D eigenvalue weighted by molar-refractivity contribution is 8.16. The number of aliphatic carboxylic acids is 1. The van der Waals surface area contributed by atoms with Crippen LogP contribution in [0.3, 0.4) is 0 Å². The summed E-state index contributed by atoms with van der Waals surface area (Å²) in [5, 5.41) is 20.0. The number of methoxy groups -OCH3 is 1. The lowest BCUT2D eigenvalue weighted by molar-refractivity contribution is -0.176. The van der Waals surface area contributed by atoms with Crippen molar-refractivity contribution < 1.29 is 47.2 Å². The molecule has 0 saturated heterocycles. The SMILES string of the molecule is COC(=O)[C@H](COCC(O)C[SH](C)CC[C@H](N)C(=O)O)NC(=O)C(F)(F)F.Cl.S. The third-order valence-corrected chi connectivity index (χ3v) is 5.37. The summed E-state index contributed by atoms with van der Waals surface area (Å²) in [6, 6.07) is -2.66. The van der Waals surface area contributed by atoms with E-state index in [-0.39, 0.29) is 38.9 Å². The van der Waals surface area contributed by atoms with E-state index in [9.17, 15) is 32.7 Å². The molecule has 0 fully saturated rings. The molecule has 0 aliphatic carbocycles. The van der Waals surface area contributed by atoms with Gasteiger partial charge >= 0.3 is 24.0 Å². The van der Waals surface area contributed by atoms with E-state index in [1.54, 1.807) is 0 Å². The van der Waals surface area contributed by atoms with Gasteiger partial charge in [0.05, 0.1) is 26.4 Å². The molecule has 9 nitrogen and oxygen atoms in total. The molecule has 0 aliphatic heterocycles. The summed E-state index contributed by atoms with van der Waals surface area (Å²) in [6.45, 7) is -0.899. The predicted octanol–water partition coefficient (Wildman–Crippen LogP) is -0.448. The van der Waals surface area contributed by atoms with E-state index in [0.29, 0.717) is 11.5 Å². The molecule has 2 unspecified atom stereocenters. The van der Waals surface area contributed by atoms with Gasteiger partial charge < -0.3 is 30.7 Å². The van der Waals surface area contributed by atoms with Crippen molar-refractivity contribution in [3.05, 3.63) is 0 Å². The third-order valence-electron chi connectivity index (χ3n) is 3.30. The summed E-state index contributed by atoms with van der Waals surface area (Å²) < 4.78 is 46.1. The van der Waals surface area contributed by atoms with Gasteiger partial charge in [0.2, 0.25) is 0 Å². The van der Waals surface area contributed by atoms with E-state index in [0.717, 1.165) is 7.11 Å². The largest absolute Gasteiger partial charge is 0.480 e. The zero-order valence-electron chi connectivity index (χ0n) is 15.8. The number of hydrogen-bond donors (Lipinski definition) is 5. The number of amides is 1. The molecular weight excluding hydrogens is 465 g/mol. The lowest BCUT2D eigenvalue weighted by Crippen LogP contribution is -2.49. The first kappa shape index (κ1) is 32.7. The van der Waals surface area contributed by atoms with Gasteiger partial charge in [-0.3, -0.25) is 20.5 Å². The minimum absolute atomic E-state index is 0. The number of esters is 1. The zero-order chi connectivity index (χ0) is 21.2. The van der Waals surface area contributed by atoms with Crippen LogP contribution < -0.4 is 11.1 Å². The monoisotopic (exact) mass is 492 g/mol. The van der Waals surface area contributed by atoms with Gasteiger partial charge in [-0.2, -0.15) is 26.7 Å². The fourth-order valence-corrected chi connectivity index (χ4v) is 3.59. The molecule has 0 saturated carbocycles. The minimum Gasteiger partial charge on any atom is -0.480 e. The van der Waals surface area contributed by atoms with Gasteiger partial charge in [0.25, 0.3) is 0 Å². The summed E-state index contributed by atoms with van der Waals surface area (Å²) in [5.41, 5.74) is 5.39. The Balaban J connectivity index is -0.00000338. The second-order valence-electron chi connectivity index (χ2n) is 5.73. The van der Waals surface area contributed by atoms with Crippen molar-refractivity contribution in [3.63, 3.8) is 0 Å². The molecule has 0 aromatic rings. The number of alkyl halides is 3. The average Bonchev–Trinajstić information content (AvgIpc) is 2.56. The van der Waals surface area contributed by atoms with Crippen LogP contribution in [0.4, 0.5) is 13.2 Å². The molecule has 15 heteroatoms. The topological polar surface area (TPSA) is 148 Å². The maximum absolute atomic E-state index is 12.3. The lowest BCUT2D eigenvalue weighted by atomic mass is 10.2. The standard InChI is InChI=1S/C14H25F3N2O7S.ClH.H2S/c1-25-12(23)10(19-13(24)14(15,16)17)6-26-5-8(20)7-27(2)4-3-9(18)11(21)22;;/h8-10,20,27H,3-7,18H2,1-2H3,(H,19,24)(H,21,22);1H;1H2/t8?,9-,10-;;/m0../s1. The van der Waals surface area contributed by atoms with Gasteiger partial charge in [-0.25, -0.2) is 4.79 Å². The van der Waals surface area contributed by atoms with Crippen molar-refractivity contribution in [1.29, 1.82) is 0 Å². The Labute approximate surface area is 182 Å². The normalized spacial score (nSPS) is 15.6. The summed E-state index contributed by atoms with van der Waals surface area (Å²) in [7, 11) is 0.203. The number of carboxylic acids is 1. The summed E-state index contributed by atoms with van der Waals surface area (Å²) in [5.74, 6) is -3.75. The molecule has 0 spiro atoms. The number of rotatable bonds is 12. The van der Waals surface area contributed by atoms with Crippen molar-refractivity contribution in [1.82, 2.24) is 5.32 Å². The average molecular weight is 493 g/mol. The molecule has 176 valence electrons. The van der Waals surface area contributed by atoms with Crippen molar-refractivity contribution in [2.24, 2.45) is 5.73 Å². The first-order valence-electron chi connectivity index (χ1n) is 7.76. The molecule has 0 aliphatic rings. The van der Waals surface area contributed by atoms with Crippen LogP contribution in [0, 0.1) is 0 Å². The van der Waals surface area contributed by atoms with Crippen LogP contribution in [0.1, 0.15) is 6.42 Å². The van der Waals surface area contributed by atoms with Crippen LogP contribution in [0.25, 0.3) is 0 Å². The smallest absolute Gasteiger partial charge is 0.471 e. The summed E-state index contributed by atoms with van der Waals surface area (Å²) >= 11 is 0. The molecule has 0 radical (unpaired) electrons. The molecular formula is C14H28ClF3N2O7S2. The first-order chi connectivity index (χ1) is 12.4. The number of carboxylic acid groups (broad SMARTS) is 1.